The number of benzene rings is 1. The first-order valence-corrected chi connectivity index (χ1v) is 3.38. The summed E-state index contributed by atoms with van der Waals surface area (Å²) < 4.78 is 9.97. The van der Waals surface area contributed by atoms with Crippen molar-refractivity contribution in [2.45, 2.75) is 0 Å². The van der Waals surface area contributed by atoms with Gasteiger partial charge in [-0.15, -0.1) is 0 Å². The standard InChI is InChI=1S/C8H6O4.K/c9-8(10)5-1-2-6-7(3-5)12-4-11-6;/h1-3H,4H2,(H,9,10);/q;+1/p-1. The first kappa shape index (κ1) is 11.0. The Bertz CT molecular complexity index is 337. The minimum absolute atomic E-state index is 0. The predicted molar refractivity (Wildman–Crippen MR) is 36.9 cm³/mol. The number of aromatic carboxylic acids is 1. The fourth-order valence-corrected chi connectivity index (χ4v) is 1.02. The number of ether oxygens (including phenoxy) is 2. The van der Waals surface area contributed by atoms with Crippen LogP contribution in [0.1, 0.15) is 10.4 Å². The van der Waals surface area contributed by atoms with Crippen LogP contribution in [0, 0.1) is 0 Å². The molecule has 0 bridgehead atoms. The van der Waals surface area contributed by atoms with Crippen LogP contribution in [0.15, 0.2) is 18.2 Å². The molecule has 1 aliphatic rings. The third-order valence-electron chi connectivity index (χ3n) is 1.61. The fraction of sp³-hybridized carbons (Fsp3) is 0.125. The molecule has 0 saturated heterocycles. The van der Waals surface area contributed by atoms with Gasteiger partial charge in [0.2, 0.25) is 6.79 Å². The van der Waals surface area contributed by atoms with E-state index in [1.165, 1.54) is 12.1 Å². The maximum atomic E-state index is 10.4. The predicted octanol–water partition coefficient (Wildman–Crippen LogP) is -3.22. The largest absolute Gasteiger partial charge is 1.00 e. The third kappa shape index (κ3) is 2.24. The van der Waals surface area contributed by atoms with Gasteiger partial charge in [-0.2, -0.15) is 0 Å². The van der Waals surface area contributed by atoms with Gasteiger partial charge in [-0.1, -0.05) is 0 Å². The molecular formula is C8H5KO4. The minimum atomic E-state index is -1.21. The molecule has 2 rings (SSSR count). The minimum Gasteiger partial charge on any atom is -0.545 e. The molecule has 1 aromatic carbocycles. The van der Waals surface area contributed by atoms with Crippen molar-refractivity contribution in [1.29, 1.82) is 0 Å². The summed E-state index contributed by atoms with van der Waals surface area (Å²) in [7, 11) is 0. The number of carbonyl (C=O) groups excluding carboxylic acids is 1. The summed E-state index contributed by atoms with van der Waals surface area (Å²) in [6.45, 7) is 0.145. The Morgan fingerprint density at radius 3 is 2.69 bits per heavy atom. The molecule has 0 aromatic heterocycles. The summed E-state index contributed by atoms with van der Waals surface area (Å²) in [4.78, 5) is 10.4. The van der Waals surface area contributed by atoms with E-state index in [9.17, 15) is 9.90 Å². The Morgan fingerprint density at radius 2 is 2.00 bits per heavy atom. The van der Waals surface area contributed by atoms with Crippen molar-refractivity contribution in [3.63, 3.8) is 0 Å². The van der Waals surface area contributed by atoms with E-state index < -0.39 is 5.97 Å². The molecule has 0 N–H and O–H groups in total. The second-order valence-electron chi connectivity index (χ2n) is 2.36. The van der Waals surface area contributed by atoms with Crippen LogP contribution in [-0.2, 0) is 0 Å². The first-order valence-electron chi connectivity index (χ1n) is 3.38. The Labute approximate surface area is 117 Å². The van der Waals surface area contributed by atoms with Gasteiger partial charge in [-0.25, -0.2) is 0 Å². The number of carboxylic acids is 1. The molecule has 0 spiro atoms. The summed E-state index contributed by atoms with van der Waals surface area (Å²) in [6.07, 6.45) is 0. The van der Waals surface area contributed by atoms with Crippen LogP contribution in [0.4, 0.5) is 0 Å². The van der Waals surface area contributed by atoms with E-state index in [-0.39, 0.29) is 63.7 Å². The summed E-state index contributed by atoms with van der Waals surface area (Å²) >= 11 is 0. The molecule has 13 heavy (non-hydrogen) atoms. The van der Waals surface area contributed by atoms with Crippen molar-refractivity contribution < 1.29 is 70.8 Å². The van der Waals surface area contributed by atoms with E-state index in [2.05, 4.69) is 0 Å². The van der Waals surface area contributed by atoms with E-state index in [4.69, 9.17) is 9.47 Å². The number of hydrogen-bond acceptors (Lipinski definition) is 4. The van der Waals surface area contributed by atoms with Gasteiger partial charge in [0.25, 0.3) is 0 Å². The van der Waals surface area contributed by atoms with Gasteiger partial charge < -0.3 is 19.4 Å². The monoisotopic (exact) mass is 204 g/mol. The third-order valence-corrected chi connectivity index (χ3v) is 1.61. The van der Waals surface area contributed by atoms with Crippen molar-refractivity contribution >= 4 is 5.97 Å². The molecule has 0 atom stereocenters. The van der Waals surface area contributed by atoms with Gasteiger partial charge >= 0.3 is 51.4 Å². The fourth-order valence-electron chi connectivity index (χ4n) is 1.02. The number of hydrogen-bond donors (Lipinski definition) is 0. The number of carbonyl (C=O) groups is 1. The molecule has 0 amide bonds. The number of rotatable bonds is 1. The summed E-state index contributed by atoms with van der Waals surface area (Å²) in [5, 5.41) is 10.4. The van der Waals surface area contributed by atoms with Crippen molar-refractivity contribution in [3.05, 3.63) is 23.8 Å². The quantitative estimate of drug-likeness (QED) is 0.452. The number of fused-ring (bicyclic) bond motifs is 1. The average molecular weight is 204 g/mol. The van der Waals surface area contributed by atoms with Crippen molar-refractivity contribution in [2.75, 3.05) is 6.79 Å². The SMILES string of the molecule is O=C([O-])c1ccc2c(c1)OCO2.[K+]. The van der Waals surface area contributed by atoms with E-state index in [1.54, 1.807) is 6.07 Å². The molecule has 0 fully saturated rings. The summed E-state index contributed by atoms with van der Waals surface area (Å²) in [5.74, 6) is -0.190. The normalized spacial score (nSPS) is 12.0. The van der Waals surface area contributed by atoms with Gasteiger partial charge in [0, 0.05) is 5.56 Å². The van der Waals surface area contributed by atoms with Crippen LogP contribution in [0.3, 0.4) is 0 Å². The molecule has 1 aromatic rings. The van der Waals surface area contributed by atoms with Gasteiger partial charge in [-0.05, 0) is 18.2 Å². The van der Waals surface area contributed by atoms with Crippen LogP contribution < -0.4 is 66.0 Å². The van der Waals surface area contributed by atoms with E-state index >= 15 is 0 Å². The second-order valence-corrected chi connectivity index (χ2v) is 2.36. The summed E-state index contributed by atoms with van der Waals surface area (Å²) in [5.41, 5.74) is 0.0965. The van der Waals surface area contributed by atoms with Crippen LogP contribution in [0.2, 0.25) is 0 Å². The van der Waals surface area contributed by atoms with E-state index in [0.29, 0.717) is 11.5 Å². The zero-order chi connectivity index (χ0) is 8.55. The Hall–Kier alpha value is -0.0736. The first-order chi connectivity index (χ1) is 5.77. The molecule has 1 aliphatic heterocycles. The Balaban J connectivity index is 0.000000845. The van der Waals surface area contributed by atoms with Gasteiger partial charge in [0.05, 0.1) is 5.97 Å². The van der Waals surface area contributed by atoms with Crippen molar-refractivity contribution in [3.8, 4) is 11.5 Å². The molecule has 1 heterocycles. The maximum absolute atomic E-state index is 10.4. The number of carboxylic acid groups (broad SMARTS) is 1. The van der Waals surface area contributed by atoms with Crippen molar-refractivity contribution in [2.24, 2.45) is 0 Å². The molecular weight excluding hydrogens is 199 g/mol. The van der Waals surface area contributed by atoms with Crippen LogP contribution in [0.5, 0.6) is 11.5 Å². The molecule has 0 aliphatic carbocycles. The molecule has 4 nitrogen and oxygen atoms in total. The van der Waals surface area contributed by atoms with E-state index in [0.717, 1.165) is 0 Å². The van der Waals surface area contributed by atoms with Crippen LogP contribution in [0.25, 0.3) is 0 Å². The van der Waals surface area contributed by atoms with Gasteiger partial charge in [0.1, 0.15) is 0 Å². The second kappa shape index (κ2) is 4.43. The zero-order valence-electron chi connectivity index (χ0n) is 7.07. The summed E-state index contributed by atoms with van der Waals surface area (Å²) in [6, 6.07) is 4.36. The Kier molecular flexibility index (Phi) is 3.75. The maximum Gasteiger partial charge on any atom is 1.00 e. The smallest absolute Gasteiger partial charge is 0.545 e. The molecule has 0 unspecified atom stereocenters. The molecule has 0 radical (unpaired) electrons. The average Bonchev–Trinajstić information content (AvgIpc) is 2.49. The van der Waals surface area contributed by atoms with Crippen molar-refractivity contribution in [1.82, 2.24) is 0 Å². The Morgan fingerprint density at radius 1 is 1.31 bits per heavy atom. The zero-order valence-corrected chi connectivity index (χ0v) is 10.2. The van der Waals surface area contributed by atoms with Crippen LogP contribution in [-0.4, -0.2) is 12.8 Å². The molecule has 5 heteroatoms. The molecule has 62 valence electrons. The van der Waals surface area contributed by atoms with Gasteiger partial charge in [0.15, 0.2) is 11.5 Å². The molecule has 0 saturated carbocycles. The topological polar surface area (TPSA) is 58.6 Å². The van der Waals surface area contributed by atoms with Crippen LogP contribution >= 0.6 is 0 Å². The van der Waals surface area contributed by atoms with E-state index in [1.807, 2.05) is 0 Å². The van der Waals surface area contributed by atoms with Gasteiger partial charge in [-0.3, -0.25) is 0 Å².